The largest absolute Gasteiger partial charge is 0.493 e. The number of rotatable bonds is 7. The van der Waals surface area contributed by atoms with Gasteiger partial charge in [-0.1, -0.05) is 0 Å². The molecule has 1 aliphatic rings. The SMILES string of the molecule is CCNC(=NCc1cc(Br)c(OC)c(OC)c1)NC1CCC(SC)C1.I. The summed E-state index contributed by atoms with van der Waals surface area (Å²) in [5, 5.41) is 7.68. The first kappa shape index (κ1) is 23.7. The third-order valence-electron chi connectivity index (χ3n) is 4.32. The molecule has 2 unspecified atom stereocenters. The van der Waals surface area contributed by atoms with E-state index in [0.717, 1.165) is 27.8 Å². The van der Waals surface area contributed by atoms with Crippen molar-refractivity contribution in [1.29, 1.82) is 0 Å². The van der Waals surface area contributed by atoms with Gasteiger partial charge in [0.05, 0.1) is 25.2 Å². The average Bonchev–Trinajstić information content (AvgIpc) is 3.07. The highest BCUT2D eigenvalue weighted by molar-refractivity contribution is 14.0. The molecule has 1 aromatic rings. The highest BCUT2D eigenvalue weighted by Crippen LogP contribution is 2.36. The molecule has 0 spiro atoms. The van der Waals surface area contributed by atoms with Gasteiger partial charge in [0.25, 0.3) is 0 Å². The van der Waals surface area contributed by atoms with Crippen LogP contribution in [0.1, 0.15) is 31.7 Å². The number of guanidine groups is 1. The van der Waals surface area contributed by atoms with Gasteiger partial charge in [-0.05, 0) is 66.1 Å². The molecule has 0 radical (unpaired) electrons. The van der Waals surface area contributed by atoms with Crippen molar-refractivity contribution < 1.29 is 9.47 Å². The van der Waals surface area contributed by atoms with Gasteiger partial charge < -0.3 is 20.1 Å². The lowest BCUT2D eigenvalue weighted by Gasteiger charge is -2.17. The summed E-state index contributed by atoms with van der Waals surface area (Å²) in [7, 11) is 3.28. The number of methoxy groups -OCH3 is 2. The summed E-state index contributed by atoms with van der Waals surface area (Å²) in [5.41, 5.74) is 1.06. The highest BCUT2D eigenvalue weighted by atomic mass is 127. The lowest BCUT2D eigenvalue weighted by molar-refractivity contribution is 0.352. The minimum Gasteiger partial charge on any atom is -0.493 e. The first-order valence-corrected chi connectivity index (χ1v) is 10.7. The van der Waals surface area contributed by atoms with Crippen LogP contribution in [0.15, 0.2) is 21.6 Å². The number of hydrogen-bond acceptors (Lipinski definition) is 4. The topological polar surface area (TPSA) is 54.9 Å². The van der Waals surface area contributed by atoms with Crippen LogP contribution in [-0.2, 0) is 6.54 Å². The monoisotopic (exact) mass is 557 g/mol. The Balaban J connectivity index is 0.00000338. The molecule has 1 aliphatic carbocycles. The third-order valence-corrected chi connectivity index (χ3v) is 6.00. The van der Waals surface area contributed by atoms with E-state index in [9.17, 15) is 0 Å². The Morgan fingerprint density at radius 2 is 2.08 bits per heavy atom. The van der Waals surface area contributed by atoms with Gasteiger partial charge in [-0.15, -0.1) is 24.0 Å². The molecule has 5 nitrogen and oxygen atoms in total. The van der Waals surface area contributed by atoms with Gasteiger partial charge >= 0.3 is 0 Å². The number of nitrogens with zero attached hydrogens (tertiary/aromatic N) is 1. The lowest BCUT2D eigenvalue weighted by Crippen LogP contribution is -2.42. The maximum atomic E-state index is 5.41. The van der Waals surface area contributed by atoms with Crippen LogP contribution in [0.25, 0.3) is 0 Å². The van der Waals surface area contributed by atoms with Gasteiger partial charge in [0.2, 0.25) is 0 Å². The molecule has 0 aliphatic heterocycles. The predicted molar refractivity (Wildman–Crippen MR) is 126 cm³/mol. The molecular weight excluding hydrogens is 529 g/mol. The maximum Gasteiger partial charge on any atom is 0.191 e. The minimum atomic E-state index is 0. The molecule has 26 heavy (non-hydrogen) atoms. The molecule has 0 bridgehead atoms. The second kappa shape index (κ2) is 12.2. The number of benzene rings is 1. The summed E-state index contributed by atoms with van der Waals surface area (Å²) in [6.45, 7) is 3.51. The van der Waals surface area contributed by atoms with Gasteiger partial charge in [0.15, 0.2) is 17.5 Å². The number of thioether (sulfide) groups is 1. The molecule has 0 heterocycles. The van der Waals surface area contributed by atoms with Crippen molar-refractivity contribution in [2.75, 3.05) is 27.0 Å². The molecule has 1 saturated carbocycles. The first-order chi connectivity index (χ1) is 12.1. The zero-order chi connectivity index (χ0) is 18.2. The molecule has 0 saturated heterocycles. The molecule has 148 valence electrons. The molecule has 0 aromatic heterocycles. The number of nitrogens with one attached hydrogen (secondary N) is 2. The Labute approximate surface area is 186 Å². The molecule has 2 rings (SSSR count). The van der Waals surface area contributed by atoms with Crippen molar-refractivity contribution in [3.8, 4) is 11.5 Å². The average molecular weight is 558 g/mol. The van der Waals surface area contributed by atoms with E-state index in [-0.39, 0.29) is 24.0 Å². The van der Waals surface area contributed by atoms with E-state index in [1.165, 1.54) is 19.3 Å². The van der Waals surface area contributed by atoms with Crippen LogP contribution in [0, 0.1) is 0 Å². The second-order valence-electron chi connectivity index (χ2n) is 6.02. The zero-order valence-electron chi connectivity index (χ0n) is 15.8. The standard InChI is InChI=1S/C18H28BrN3O2S.HI/c1-5-20-18(22-13-6-7-14(10-13)25-4)21-11-12-8-15(19)17(24-3)16(9-12)23-2;/h8-9,13-14H,5-7,10-11H2,1-4H3,(H2,20,21,22);1H. The van der Waals surface area contributed by atoms with Crippen LogP contribution < -0.4 is 20.1 Å². The Bertz CT molecular complexity index is 604. The zero-order valence-corrected chi connectivity index (χ0v) is 20.5. The summed E-state index contributed by atoms with van der Waals surface area (Å²) in [6, 6.07) is 4.50. The molecule has 1 fully saturated rings. The van der Waals surface area contributed by atoms with Crippen molar-refractivity contribution in [3.63, 3.8) is 0 Å². The van der Waals surface area contributed by atoms with Crippen LogP contribution in [0.3, 0.4) is 0 Å². The van der Waals surface area contributed by atoms with E-state index in [2.05, 4.69) is 39.7 Å². The van der Waals surface area contributed by atoms with E-state index in [1.807, 2.05) is 23.9 Å². The van der Waals surface area contributed by atoms with Gasteiger partial charge in [0, 0.05) is 17.8 Å². The number of ether oxygens (including phenoxy) is 2. The fraction of sp³-hybridized carbons (Fsp3) is 0.611. The van der Waals surface area contributed by atoms with Crippen LogP contribution in [0.4, 0.5) is 0 Å². The van der Waals surface area contributed by atoms with Crippen molar-refractivity contribution >= 4 is 57.6 Å². The quantitative estimate of drug-likeness (QED) is 0.295. The molecule has 2 N–H and O–H groups in total. The van der Waals surface area contributed by atoms with Crippen molar-refractivity contribution in [1.82, 2.24) is 10.6 Å². The van der Waals surface area contributed by atoms with E-state index in [4.69, 9.17) is 14.5 Å². The first-order valence-electron chi connectivity index (χ1n) is 8.59. The van der Waals surface area contributed by atoms with Gasteiger partial charge in [-0.3, -0.25) is 0 Å². The van der Waals surface area contributed by atoms with Crippen LogP contribution in [0.5, 0.6) is 11.5 Å². The van der Waals surface area contributed by atoms with Gasteiger partial charge in [-0.2, -0.15) is 11.8 Å². The summed E-state index contributed by atoms with van der Waals surface area (Å²) in [4.78, 5) is 4.74. The van der Waals surface area contributed by atoms with Gasteiger partial charge in [0.1, 0.15) is 0 Å². The summed E-state index contributed by atoms with van der Waals surface area (Å²) < 4.78 is 11.6. The second-order valence-corrected chi connectivity index (χ2v) is 8.01. The lowest BCUT2D eigenvalue weighted by atomic mass is 10.2. The van der Waals surface area contributed by atoms with Crippen LogP contribution >= 0.6 is 51.7 Å². The third kappa shape index (κ3) is 6.67. The van der Waals surface area contributed by atoms with Gasteiger partial charge in [-0.25, -0.2) is 4.99 Å². The van der Waals surface area contributed by atoms with Crippen LogP contribution in [0.2, 0.25) is 0 Å². The molecule has 0 amide bonds. The van der Waals surface area contributed by atoms with E-state index < -0.39 is 0 Å². The molecule has 8 heteroatoms. The Morgan fingerprint density at radius 1 is 1.31 bits per heavy atom. The fourth-order valence-electron chi connectivity index (χ4n) is 3.03. The number of halogens is 2. The Hall–Kier alpha value is -0.350. The smallest absolute Gasteiger partial charge is 0.191 e. The van der Waals surface area contributed by atoms with Crippen molar-refractivity contribution in [2.45, 2.75) is 44.0 Å². The summed E-state index contributed by atoms with van der Waals surface area (Å²) in [6.07, 6.45) is 5.88. The van der Waals surface area contributed by atoms with E-state index in [0.29, 0.717) is 24.1 Å². The molecule has 1 aromatic carbocycles. The summed E-state index contributed by atoms with van der Waals surface area (Å²) >= 11 is 5.50. The maximum absolute atomic E-state index is 5.41. The van der Waals surface area contributed by atoms with Crippen LogP contribution in [-0.4, -0.2) is 44.3 Å². The molecular formula is C18H29BrIN3O2S. The molecule has 2 atom stereocenters. The summed E-state index contributed by atoms with van der Waals surface area (Å²) in [5.74, 6) is 2.29. The highest BCUT2D eigenvalue weighted by Gasteiger charge is 2.24. The van der Waals surface area contributed by atoms with Crippen molar-refractivity contribution in [3.05, 3.63) is 22.2 Å². The fourth-order valence-corrected chi connectivity index (χ4v) is 4.48. The normalized spacial score (nSPS) is 19.7. The predicted octanol–water partition coefficient (Wildman–Crippen LogP) is 4.42. The van der Waals surface area contributed by atoms with Crippen molar-refractivity contribution in [2.24, 2.45) is 4.99 Å². The van der Waals surface area contributed by atoms with E-state index >= 15 is 0 Å². The number of aliphatic imine (C=N–C) groups is 1. The Morgan fingerprint density at radius 3 is 2.65 bits per heavy atom. The minimum absolute atomic E-state index is 0. The number of hydrogen-bond donors (Lipinski definition) is 2. The Kier molecular flexibility index (Phi) is 11.1. The van der Waals surface area contributed by atoms with E-state index in [1.54, 1.807) is 14.2 Å².